The quantitative estimate of drug-likeness (QED) is 0.136. The molecule has 6 heterocycles. The van der Waals surface area contributed by atoms with Gasteiger partial charge in [-0.2, -0.15) is 0 Å². The number of nitrogens with zero attached hydrogens (tertiary/aromatic N) is 5. The van der Waals surface area contributed by atoms with Gasteiger partial charge in [-0.15, -0.1) is 11.3 Å². The SMILES string of the molecule is CC(C)(C)c1cc(-c2ccccc2)cc(N2c3cc(-n4c5ccccc5c5ccccc54)ccc3C3c4ccc(-n5c6ccccc6c6ccccc65)cc4N(c4ccc(-c5ccccc5)cc4-c4ccccc4)c4cc(-c5c(-c6cccc7c6sc6ccccc67)cc(C(C)(C)C)cc5-n5c6ccccc6c6ccccc65)cc2c43)c1. The largest absolute Gasteiger partial charge is 0.310 e. The zero-order valence-corrected chi connectivity index (χ0v) is 66.8. The Labute approximate surface area is 684 Å². The Morgan fingerprint density at radius 3 is 1.20 bits per heavy atom. The van der Waals surface area contributed by atoms with Gasteiger partial charge in [-0.1, -0.05) is 302 Å². The summed E-state index contributed by atoms with van der Waals surface area (Å²) in [6.07, 6.45) is 0. The second-order valence-electron chi connectivity index (χ2n) is 33.9. The highest BCUT2D eigenvalue weighted by molar-refractivity contribution is 7.26. The van der Waals surface area contributed by atoms with E-state index in [0.29, 0.717) is 0 Å². The Hall–Kier alpha value is -14.0. The predicted molar refractivity (Wildman–Crippen MR) is 497 cm³/mol. The fourth-order valence-electron chi connectivity index (χ4n) is 19.6. The smallest absolute Gasteiger partial charge is 0.0549 e. The summed E-state index contributed by atoms with van der Waals surface area (Å²) in [6.45, 7) is 14.3. The minimum atomic E-state index is -0.295. The Morgan fingerprint density at radius 2 is 0.675 bits per heavy atom. The molecule has 0 bridgehead atoms. The average molecular weight is 1520 g/mol. The molecule has 0 spiro atoms. The first-order valence-electron chi connectivity index (χ1n) is 40.9. The van der Waals surface area contributed by atoms with Crippen LogP contribution in [0.4, 0.5) is 34.1 Å². The third-order valence-corrected chi connectivity index (χ3v) is 26.3. The van der Waals surface area contributed by atoms with E-state index in [-0.39, 0.29) is 16.7 Å². The molecule has 4 aromatic heterocycles. The van der Waals surface area contributed by atoms with Crippen molar-refractivity contribution < 1.29 is 0 Å². The summed E-state index contributed by atoms with van der Waals surface area (Å²) in [5.74, 6) is -0.295. The summed E-state index contributed by atoms with van der Waals surface area (Å²) >= 11 is 1.91. The first-order valence-corrected chi connectivity index (χ1v) is 41.7. The number of anilines is 6. The molecule has 2 aliphatic heterocycles. The van der Waals surface area contributed by atoms with Crippen molar-refractivity contribution in [3.8, 4) is 72.7 Å². The normalized spacial score (nSPS) is 13.4. The minimum Gasteiger partial charge on any atom is -0.310 e. The van der Waals surface area contributed by atoms with Crippen LogP contribution in [0.2, 0.25) is 0 Å². The highest BCUT2D eigenvalue weighted by Crippen LogP contribution is 2.64. The van der Waals surface area contributed by atoms with Crippen molar-refractivity contribution in [1.82, 2.24) is 13.7 Å². The monoisotopic (exact) mass is 1520 g/mol. The van der Waals surface area contributed by atoms with Crippen LogP contribution in [0.25, 0.3) is 158 Å². The maximum Gasteiger partial charge on any atom is 0.0549 e. The van der Waals surface area contributed by atoms with Gasteiger partial charge in [0.05, 0.1) is 67.2 Å². The van der Waals surface area contributed by atoms with Gasteiger partial charge in [0.1, 0.15) is 0 Å². The molecule has 23 rings (SSSR count). The van der Waals surface area contributed by atoms with E-state index < -0.39 is 0 Å². The van der Waals surface area contributed by atoms with E-state index in [1.54, 1.807) is 0 Å². The number of rotatable bonds is 10. The Kier molecular flexibility index (Phi) is 15.4. The lowest BCUT2D eigenvalue weighted by Gasteiger charge is -2.46. The third-order valence-electron chi connectivity index (χ3n) is 25.1. The van der Waals surface area contributed by atoms with Crippen LogP contribution in [-0.4, -0.2) is 13.7 Å². The number of fused-ring (bicyclic) bond motifs is 16. The molecule has 0 fully saturated rings. The number of thiophene rings is 1. The van der Waals surface area contributed by atoms with Crippen LogP contribution in [0.1, 0.15) is 75.3 Å². The molecule has 0 amide bonds. The zero-order chi connectivity index (χ0) is 78.1. The second-order valence-corrected chi connectivity index (χ2v) is 35.0. The minimum absolute atomic E-state index is 0.259. The summed E-state index contributed by atoms with van der Waals surface area (Å²) in [5.41, 5.74) is 33.8. The molecule has 0 aliphatic carbocycles. The predicted octanol–water partition coefficient (Wildman–Crippen LogP) is 31.0. The zero-order valence-electron chi connectivity index (χ0n) is 66.0. The highest BCUT2D eigenvalue weighted by atomic mass is 32.1. The standard InChI is InChI=1S/C111H81N5S/c1-110(2,3)75-59-73(70-33-12-8-13-34-70)60-79(64-75)114-100-67-77(112-93-46-23-16-37-80(93)81-38-17-24-47-94(81)112)54-56-89(100)107-90-57-55-78(113-95-48-25-18-39-82(95)83-40-19-26-49-96(83)113)68-101(90)116(99-58-53-72(69-31-10-7-11-32-69)61-91(99)71-35-14-9-15-36-71)103-63-74(62-102(114)108(103)107)106-92(88-45-30-44-87-86-43-22-29-52-105(86)117-109(87)88)65-76(111(4,5)6)66-104(106)115-97-50-27-20-41-84(97)85-42-21-28-51-98(85)115/h7-68,107H,1-6H3. The van der Waals surface area contributed by atoms with Gasteiger partial charge in [0.25, 0.3) is 0 Å². The molecule has 0 saturated carbocycles. The van der Waals surface area contributed by atoms with Crippen molar-refractivity contribution in [3.63, 3.8) is 0 Å². The van der Waals surface area contributed by atoms with Crippen LogP contribution in [0.3, 0.4) is 0 Å². The summed E-state index contributed by atoms with van der Waals surface area (Å²) in [6, 6.07) is 143. The van der Waals surface area contributed by atoms with E-state index >= 15 is 0 Å². The lowest BCUT2D eigenvalue weighted by atomic mass is 9.74. The van der Waals surface area contributed by atoms with E-state index in [4.69, 9.17) is 0 Å². The van der Waals surface area contributed by atoms with Gasteiger partial charge in [0.2, 0.25) is 0 Å². The number of hydrogen-bond acceptors (Lipinski definition) is 3. The Balaban J connectivity index is 0.929. The van der Waals surface area contributed by atoms with Gasteiger partial charge in [-0.05, 0) is 187 Å². The molecule has 0 N–H and O–H groups in total. The molecule has 17 aromatic carbocycles. The highest BCUT2D eigenvalue weighted by Gasteiger charge is 2.44. The van der Waals surface area contributed by atoms with Crippen molar-refractivity contribution in [1.29, 1.82) is 0 Å². The summed E-state index contributed by atoms with van der Waals surface area (Å²) in [4.78, 5) is 5.41. The van der Waals surface area contributed by atoms with Crippen molar-refractivity contribution in [2.24, 2.45) is 0 Å². The number of aromatic nitrogens is 3. The van der Waals surface area contributed by atoms with Crippen LogP contribution in [0, 0.1) is 0 Å². The summed E-state index contributed by atoms with van der Waals surface area (Å²) < 4.78 is 10.2. The van der Waals surface area contributed by atoms with Gasteiger partial charge in [-0.25, -0.2) is 0 Å². The molecule has 556 valence electrons. The molecule has 0 radical (unpaired) electrons. The van der Waals surface area contributed by atoms with Gasteiger partial charge < -0.3 is 23.5 Å². The third kappa shape index (κ3) is 10.7. The molecule has 0 saturated heterocycles. The van der Waals surface area contributed by atoms with E-state index in [2.05, 4.69) is 441 Å². The fourth-order valence-corrected chi connectivity index (χ4v) is 20.8. The first-order chi connectivity index (χ1) is 57.3. The molecule has 6 heteroatoms. The maximum atomic E-state index is 2.70. The molecular formula is C111H81N5S. The van der Waals surface area contributed by atoms with E-state index in [0.717, 1.165) is 129 Å². The van der Waals surface area contributed by atoms with Crippen molar-refractivity contribution in [2.45, 2.75) is 58.3 Å². The van der Waals surface area contributed by atoms with E-state index in [1.165, 1.54) is 91.4 Å². The molecule has 117 heavy (non-hydrogen) atoms. The Morgan fingerprint density at radius 1 is 0.239 bits per heavy atom. The van der Waals surface area contributed by atoms with E-state index in [1.807, 2.05) is 11.3 Å². The van der Waals surface area contributed by atoms with Crippen LogP contribution in [-0.2, 0) is 10.8 Å². The van der Waals surface area contributed by atoms with Crippen LogP contribution in [0.15, 0.2) is 376 Å². The average Bonchev–Trinajstić information content (AvgIpc) is 1.03. The van der Waals surface area contributed by atoms with Crippen molar-refractivity contribution in [3.05, 3.63) is 404 Å². The fraction of sp³-hybridized carbons (Fsp3) is 0.0811. The molecule has 5 nitrogen and oxygen atoms in total. The second kappa shape index (κ2) is 26.3. The molecule has 1 unspecified atom stereocenters. The lowest BCUT2D eigenvalue weighted by Crippen LogP contribution is -2.30. The molecule has 2 aliphatic rings. The maximum absolute atomic E-state index is 2.70. The number of hydrogen-bond donors (Lipinski definition) is 0. The summed E-state index contributed by atoms with van der Waals surface area (Å²) in [5, 5.41) is 9.82. The Bertz CT molecular complexity index is 7510. The lowest BCUT2D eigenvalue weighted by molar-refractivity contribution is 0.590. The number of benzene rings is 17. The van der Waals surface area contributed by atoms with Crippen LogP contribution >= 0.6 is 11.3 Å². The summed E-state index contributed by atoms with van der Waals surface area (Å²) in [7, 11) is 0. The van der Waals surface area contributed by atoms with Crippen LogP contribution in [0.5, 0.6) is 0 Å². The van der Waals surface area contributed by atoms with Crippen molar-refractivity contribution in [2.75, 3.05) is 9.80 Å². The van der Waals surface area contributed by atoms with Gasteiger partial charge in [0.15, 0.2) is 0 Å². The molecular weight excluding hydrogens is 1440 g/mol. The van der Waals surface area contributed by atoms with E-state index in [9.17, 15) is 0 Å². The first kappa shape index (κ1) is 68.5. The van der Waals surface area contributed by atoms with Gasteiger partial charge in [-0.3, -0.25) is 0 Å². The number of para-hydroxylation sites is 6. The van der Waals surface area contributed by atoms with Gasteiger partial charge >= 0.3 is 0 Å². The topological polar surface area (TPSA) is 21.3 Å². The van der Waals surface area contributed by atoms with Gasteiger partial charge in [0, 0.05) is 97.7 Å². The van der Waals surface area contributed by atoms with Crippen molar-refractivity contribution >= 4 is 131 Å². The van der Waals surface area contributed by atoms with Crippen LogP contribution < -0.4 is 9.80 Å². The molecule has 1 atom stereocenters. The molecule has 21 aromatic rings.